The first-order valence-electron chi connectivity index (χ1n) is 9.13. The van der Waals surface area contributed by atoms with Gasteiger partial charge in [-0.2, -0.15) is 13.2 Å². The van der Waals surface area contributed by atoms with E-state index in [0.717, 1.165) is 12.1 Å². The highest BCUT2D eigenvalue weighted by Crippen LogP contribution is 2.49. The zero-order valence-electron chi connectivity index (χ0n) is 14.5. The Morgan fingerprint density at radius 3 is 2.74 bits per heavy atom. The van der Waals surface area contributed by atoms with E-state index in [1.807, 2.05) is 6.08 Å². The second-order valence-electron chi connectivity index (χ2n) is 7.44. The highest BCUT2D eigenvalue weighted by Gasteiger charge is 2.45. The molecule has 3 aliphatic rings. The summed E-state index contributed by atoms with van der Waals surface area (Å²) in [5.74, 6) is -0.402. The van der Waals surface area contributed by atoms with Gasteiger partial charge in [0.1, 0.15) is 5.83 Å². The van der Waals surface area contributed by atoms with Crippen molar-refractivity contribution in [3.63, 3.8) is 0 Å². The minimum absolute atomic E-state index is 0.0932. The molecule has 0 radical (unpaired) electrons. The Balaban J connectivity index is 1.72. The Labute approximate surface area is 154 Å². The van der Waals surface area contributed by atoms with E-state index in [9.17, 15) is 22.7 Å². The maximum absolute atomic E-state index is 13.8. The summed E-state index contributed by atoms with van der Waals surface area (Å²) in [7, 11) is 0. The summed E-state index contributed by atoms with van der Waals surface area (Å²) in [6.45, 7) is -0.170. The fraction of sp³-hybridized carbons (Fsp3) is 0.500. The van der Waals surface area contributed by atoms with Gasteiger partial charge in [-0.15, -0.1) is 0 Å². The second kappa shape index (κ2) is 6.95. The lowest BCUT2D eigenvalue weighted by atomic mass is 9.73. The molecule has 27 heavy (non-hydrogen) atoms. The van der Waals surface area contributed by atoms with E-state index in [0.29, 0.717) is 24.1 Å². The molecule has 0 bridgehead atoms. The van der Waals surface area contributed by atoms with Gasteiger partial charge >= 0.3 is 6.18 Å². The molecule has 5 atom stereocenters. The van der Waals surface area contributed by atoms with Gasteiger partial charge in [-0.05, 0) is 37.1 Å². The van der Waals surface area contributed by atoms with Crippen molar-refractivity contribution in [1.29, 1.82) is 0 Å². The van der Waals surface area contributed by atoms with Crippen LogP contribution in [0.5, 0.6) is 0 Å². The van der Waals surface area contributed by atoms with E-state index in [-0.39, 0.29) is 36.7 Å². The summed E-state index contributed by atoms with van der Waals surface area (Å²) in [4.78, 5) is 0. The number of alkyl halides is 3. The smallest absolute Gasteiger partial charge is 0.394 e. The number of aliphatic hydroxyl groups is 1. The second-order valence-corrected chi connectivity index (χ2v) is 7.44. The first kappa shape index (κ1) is 18.5. The summed E-state index contributed by atoms with van der Waals surface area (Å²) in [5.41, 5.74) is 0.317. The number of nitrogens with one attached hydrogen (secondary N) is 1. The van der Waals surface area contributed by atoms with Gasteiger partial charge < -0.3 is 15.2 Å². The van der Waals surface area contributed by atoms with Crippen LogP contribution in [0.1, 0.15) is 36.5 Å². The van der Waals surface area contributed by atoms with Gasteiger partial charge in [0.05, 0.1) is 24.4 Å². The first-order valence-corrected chi connectivity index (χ1v) is 9.13. The third-order valence-corrected chi connectivity index (χ3v) is 5.75. The van der Waals surface area contributed by atoms with Crippen LogP contribution in [-0.2, 0) is 10.9 Å². The zero-order chi connectivity index (χ0) is 19.2. The molecule has 2 aliphatic heterocycles. The number of fused-ring (bicyclic) bond motifs is 3. The lowest BCUT2D eigenvalue weighted by Gasteiger charge is -2.47. The quantitative estimate of drug-likeness (QED) is 0.724. The summed E-state index contributed by atoms with van der Waals surface area (Å²) in [6, 6.07) is 3.46. The number of rotatable bonds is 2. The molecule has 2 heterocycles. The predicted molar refractivity (Wildman–Crippen MR) is 92.7 cm³/mol. The van der Waals surface area contributed by atoms with Crippen LogP contribution in [0.3, 0.4) is 0 Å². The molecule has 0 spiro atoms. The van der Waals surface area contributed by atoms with Crippen LogP contribution in [0.4, 0.5) is 23.2 Å². The predicted octanol–water partition coefficient (Wildman–Crippen LogP) is 4.76. The SMILES string of the molecule is OC[C@H]1CC[C@@H]2[C@H](O1)c1cc(C(F)(F)F)ccc1N[C@H]2C1C=CC=C(F)C1. The monoisotopic (exact) mass is 383 g/mol. The Bertz CT molecular complexity index is 774. The molecule has 146 valence electrons. The summed E-state index contributed by atoms with van der Waals surface area (Å²) in [6.07, 6.45) is 1.24. The van der Waals surface area contributed by atoms with Crippen LogP contribution in [0.2, 0.25) is 0 Å². The van der Waals surface area contributed by atoms with Crippen molar-refractivity contribution >= 4 is 5.69 Å². The summed E-state index contributed by atoms with van der Waals surface area (Å²) >= 11 is 0. The number of halogens is 4. The van der Waals surface area contributed by atoms with Crippen molar-refractivity contribution in [1.82, 2.24) is 0 Å². The Morgan fingerprint density at radius 1 is 1.22 bits per heavy atom. The van der Waals surface area contributed by atoms with Gasteiger partial charge in [0.25, 0.3) is 0 Å². The third kappa shape index (κ3) is 3.50. The topological polar surface area (TPSA) is 41.5 Å². The number of allylic oxidation sites excluding steroid dienone is 3. The summed E-state index contributed by atoms with van der Waals surface area (Å²) < 4.78 is 59.3. The van der Waals surface area contributed by atoms with E-state index >= 15 is 0 Å². The van der Waals surface area contributed by atoms with Gasteiger partial charge in [0.2, 0.25) is 0 Å². The Morgan fingerprint density at radius 2 is 2.04 bits per heavy atom. The van der Waals surface area contributed by atoms with Crippen LogP contribution < -0.4 is 5.32 Å². The Hall–Kier alpha value is -1.86. The van der Waals surface area contributed by atoms with Crippen LogP contribution in [0, 0.1) is 11.8 Å². The first-order chi connectivity index (χ1) is 12.9. The van der Waals surface area contributed by atoms with Gasteiger partial charge in [0.15, 0.2) is 0 Å². The van der Waals surface area contributed by atoms with Gasteiger partial charge in [0, 0.05) is 35.5 Å². The van der Waals surface area contributed by atoms with Crippen molar-refractivity contribution in [2.75, 3.05) is 11.9 Å². The average molecular weight is 383 g/mol. The molecule has 0 saturated carbocycles. The maximum atomic E-state index is 13.8. The lowest BCUT2D eigenvalue weighted by Crippen LogP contribution is -2.47. The number of hydrogen-bond donors (Lipinski definition) is 2. The molecule has 1 aromatic rings. The largest absolute Gasteiger partial charge is 0.416 e. The molecule has 1 aromatic carbocycles. The van der Waals surface area contributed by atoms with Crippen LogP contribution >= 0.6 is 0 Å². The molecule has 7 heteroatoms. The van der Waals surface area contributed by atoms with E-state index in [4.69, 9.17) is 4.74 Å². The number of anilines is 1. The van der Waals surface area contributed by atoms with E-state index < -0.39 is 23.9 Å². The average Bonchev–Trinajstić information content (AvgIpc) is 2.65. The molecule has 2 N–H and O–H groups in total. The molecular formula is C20H21F4NO2. The van der Waals surface area contributed by atoms with Crippen LogP contribution in [0.25, 0.3) is 0 Å². The minimum atomic E-state index is -4.44. The summed E-state index contributed by atoms with van der Waals surface area (Å²) in [5, 5.41) is 12.8. The Kier molecular flexibility index (Phi) is 4.76. The van der Waals surface area contributed by atoms with Crippen LogP contribution in [-0.4, -0.2) is 23.9 Å². The standard InChI is InChI=1S/C20H21F4NO2/c21-13-3-1-2-11(8-13)18-15-6-5-14(10-26)27-19(15)16-9-12(20(22,23)24)4-7-17(16)25-18/h1-4,7,9,11,14-15,18-19,25-26H,5-6,8,10H2/t11?,14-,15+,18+,19+/m1/s1. The molecule has 0 aromatic heterocycles. The van der Waals surface area contributed by atoms with Crippen molar-refractivity contribution in [3.05, 3.63) is 53.4 Å². The molecule has 1 aliphatic carbocycles. The highest BCUT2D eigenvalue weighted by molar-refractivity contribution is 5.58. The van der Waals surface area contributed by atoms with Crippen LogP contribution in [0.15, 0.2) is 42.3 Å². The molecule has 1 saturated heterocycles. The molecule has 4 rings (SSSR count). The van der Waals surface area contributed by atoms with Crippen molar-refractivity contribution < 1.29 is 27.4 Å². The lowest BCUT2D eigenvalue weighted by molar-refractivity contribution is -0.138. The fourth-order valence-corrected chi connectivity index (χ4v) is 4.44. The molecule has 3 nitrogen and oxygen atoms in total. The van der Waals surface area contributed by atoms with Crippen molar-refractivity contribution in [2.24, 2.45) is 11.8 Å². The zero-order valence-corrected chi connectivity index (χ0v) is 14.5. The third-order valence-electron chi connectivity index (χ3n) is 5.75. The van der Waals surface area contributed by atoms with E-state index in [1.165, 1.54) is 12.1 Å². The van der Waals surface area contributed by atoms with Crippen molar-refractivity contribution in [3.8, 4) is 0 Å². The molecular weight excluding hydrogens is 362 g/mol. The number of hydrogen-bond acceptors (Lipinski definition) is 3. The molecule has 0 amide bonds. The number of aliphatic hydroxyl groups excluding tert-OH is 1. The molecule has 1 fully saturated rings. The normalized spacial score (nSPS) is 32.9. The number of benzene rings is 1. The van der Waals surface area contributed by atoms with E-state index in [2.05, 4.69) is 5.32 Å². The minimum Gasteiger partial charge on any atom is -0.394 e. The maximum Gasteiger partial charge on any atom is 0.416 e. The molecule has 1 unspecified atom stereocenters. The van der Waals surface area contributed by atoms with Gasteiger partial charge in [-0.3, -0.25) is 0 Å². The highest BCUT2D eigenvalue weighted by atomic mass is 19.4. The fourth-order valence-electron chi connectivity index (χ4n) is 4.44. The van der Waals surface area contributed by atoms with E-state index in [1.54, 1.807) is 6.08 Å². The van der Waals surface area contributed by atoms with Crippen molar-refractivity contribution in [2.45, 2.75) is 43.7 Å². The van der Waals surface area contributed by atoms with Gasteiger partial charge in [-0.25, -0.2) is 4.39 Å². The van der Waals surface area contributed by atoms with Gasteiger partial charge in [-0.1, -0.05) is 12.2 Å². The number of ether oxygens (including phenoxy) is 1.